The van der Waals surface area contributed by atoms with E-state index in [9.17, 15) is 4.79 Å². The van der Waals surface area contributed by atoms with E-state index < -0.39 is 5.91 Å². The molecule has 1 unspecified atom stereocenters. The molecule has 1 N–H and O–H groups in total. The number of methoxy groups -OCH3 is 2. The van der Waals surface area contributed by atoms with Gasteiger partial charge in [-0.05, 0) is 71.6 Å². The summed E-state index contributed by atoms with van der Waals surface area (Å²) in [5.41, 5.74) is 2.61. The third kappa shape index (κ3) is 6.55. The summed E-state index contributed by atoms with van der Waals surface area (Å²) < 4.78 is 23.0. The number of aliphatic imine (C=N–C) groups is 1. The molecule has 5 rings (SSSR count). The number of carbonyl (C=O) groups excluding carboxylic acids is 1. The average Bonchev–Trinajstić information content (AvgIpc) is 3.45. The molecule has 0 aliphatic carbocycles. The first-order valence-electron chi connectivity index (χ1n) is 13.7. The second-order valence-electron chi connectivity index (χ2n) is 9.73. The lowest BCUT2D eigenvalue weighted by atomic mass is 9.99. The molecule has 0 bridgehead atoms. The third-order valence-corrected chi connectivity index (χ3v) is 8.28. The molecule has 1 amide bonds. The van der Waals surface area contributed by atoms with Gasteiger partial charge in [0.25, 0.3) is 5.91 Å². The van der Waals surface area contributed by atoms with Crippen LogP contribution in [0.15, 0.2) is 76.3 Å². The predicted molar refractivity (Wildman–Crippen MR) is 171 cm³/mol. The second-order valence-corrected chi connectivity index (χ2v) is 11.1. The minimum absolute atomic E-state index is 0.0685. The number of hydrogen-bond donors (Lipinski definition) is 1. The van der Waals surface area contributed by atoms with Gasteiger partial charge in [-0.1, -0.05) is 55.8 Å². The standard InChI is InChI=1S/C32H31ClN4O5S/c1-5-19(2)21-10-12-22(13-11-21)41-14-15-42-28-26(39-3)17-20(18-27(28)40-4)16-24-29(34)37-32(35-30(24)38)43-31(36-37)23-8-6-7-9-25(23)33/h6-13,16-19,34H,5,14-15H2,1-4H3/b24-16-,34-29?. The van der Waals surface area contributed by atoms with Gasteiger partial charge in [-0.15, -0.1) is 0 Å². The van der Waals surface area contributed by atoms with Crippen LogP contribution in [-0.2, 0) is 4.79 Å². The minimum Gasteiger partial charge on any atom is -0.493 e. The van der Waals surface area contributed by atoms with E-state index in [1.165, 1.54) is 36.6 Å². The minimum atomic E-state index is -0.549. The van der Waals surface area contributed by atoms with Crippen molar-refractivity contribution in [2.75, 3.05) is 27.4 Å². The Kier molecular flexibility index (Phi) is 9.37. The maximum Gasteiger partial charge on any atom is 0.283 e. The summed E-state index contributed by atoms with van der Waals surface area (Å²) in [6.45, 7) is 4.94. The lowest BCUT2D eigenvalue weighted by Crippen LogP contribution is -2.35. The highest BCUT2D eigenvalue weighted by Gasteiger charge is 2.36. The van der Waals surface area contributed by atoms with Gasteiger partial charge in [0.15, 0.2) is 17.3 Å². The Hall–Kier alpha value is -4.28. The first-order valence-corrected chi connectivity index (χ1v) is 14.9. The van der Waals surface area contributed by atoms with E-state index in [4.69, 9.17) is 36.0 Å². The van der Waals surface area contributed by atoms with Crippen molar-refractivity contribution < 1.29 is 23.7 Å². The van der Waals surface area contributed by atoms with E-state index in [-0.39, 0.29) is 18.0 Å². The molecule has 0 aromatic heterocycles. The van der Waals surface area contributed by atoms with Gasteiger partial charge in [0, 0.05) is 5.56 Å². The number of carbonyl (C=O) groups is 1. The molecule has 43 heavy (non-hydrogen) atoms. The smallest absolute Gasteiger partial charge is 0.283 e. The molecular weight excluding hydrogens is 588 g/mol. The average molecular weight is 619 g/mol. The Bertz CT molecular complexity index is 1610. The molecule has 2 aliphatic heterocycles. The van der Waals surface area contributed by atoms with Crippen molar-refractivity contribution in [1.29, 1.82) is 5.41 Å². The first-order chi connectivity index (χ1) is 20.8. The van der Waals surface area contributed by atoms with Gasteiger partial charge >= 0.3 is 0 Å². The number of hydrazone groups is 1. The molecule has 222 valence electrons. The summed E-state index contributed by atoms with van der Waals surface area (Å²) in [5.74, 6) is 1.82. The van der Waals surface area contributed by atoms with Gasteiger partial charge in [-0.2, -0.15) is 15.1 Å². The summed E-state index contributed by atoms with van der Waals surface area (Å²) in [5, 5.41) is 15.9. The van der Waals surface area contributed by atoms with Crippen molar-refractivity contribution in [3.05, 3.63) is 87.9 Å². The van der Waals surface area contributed by atoms with Crippen LogP contribution in [0.25, 0.3) is 6.08 Å². The first kappa shape index (κ1) is 30.2. The summed E-state index contributed by atoms with van der Waals surface area (Å²) in [6, 6.07) is 18.8. The van der Waals surface area contributed by atoms with Gasteiger partial charge in [0.2, 0.25) is 10.9 Å². The summed E-state index contributed by atoms with van der Waals surface area (Å²) in [4.78, 5) is 17.2. The number of amidine groups is 2. The molecule has 9 nitrogen and oxygen atoms in total. The number of halogens is 1. The lowest BCUT2D eigenvalue weighted by molar-refractivity contribution is -0.114. The van der Waals surface area contributed by atoms with Gasteiger partial charge < -0.3 is 18.9 Å². The molecule has 2 heterocycles. The van der Waals surface area contributed by atoms with E-state index in [0.29, 0.717) is 56.1 Å². The maximum absolute atomic E-state index is 13.0. The van der Waals surface area contributed by atoms with Gasteiger partial charge in [-0.3, -0.25) is 10.2 Å². The van der Waals surface area contributed by atoms with Crippen molar-refractivity contribution in [3.8, 4) is 23.0 Å². The molecule has 3 aromatic carbocycles. The number of rotatable bonds is 11. The molecule has 3 aromatic rings. The number of ether oxygens (including phenoxy) is 4. The largest absolute Gasteiger partial charge is 0.493 e. The van der Waals surface area contributed by atoms with Crippen molar-refractivity contribution in [2.45, 2.75) is 26.2 Å². The zero-order valence-electron chi connectivity index (χ0n) is 24.2. The Labute approximate surface area is 259 Å². The predicted octanol–water partition coefficient (Wildman–Crippen LogP) is 7.00. The number of nitrogens with one attached hydrogen (secondary N) is 1. The van der Waals surface area contributed by atoms with Gasteiger partial charge in [0.05, 0.1) is 24.8 Å². The third-order valence-electron chi connectivity index (χ3n) is 7.01. The quantitative estimate of drug-likeness (QED) is 0.182. The van der Waals surface area contributed by atoms with E-state index >= 15 is 0 Å². The normalized spacial score (nSPS) is 16.0. The van der Waals surface area contributed by atoms with Crippen LogP contribution in [0, 0.1) is 5.41 Å². The number of nitrogens with zero attached hydrogens (tertiary/aromatic N) is 3. The van der Waals surface area contributed by atoms with Gasteiger partial charge in [0.1, 0.15) is 24.0 Å². The Morgan fingerprint density at radius 2 is 1.70 bits per heavy atom. The van der Waals surface area contributed by atoms with Crippen LogP contribution in [0.5, 0.6) is 23.0 Å². The summed E-state index contributed by atoms with van der Waals surface area (Å²) in [6.07, 6.45) is 2.64. The van der Waals surface area contributed by atoms with E-state index in [1.54, 1.807) is 24.3 Å². The van der Waals surface area contributed by atoms with Gasteiger partial charge in [-0.25, -0.2) is 0 Å². The molecule has 0 spiro atoms. The fourth-order valence-electron chi connectivity index (χ4n) is 4.46. The topological polar surface area (TPSA) is 106 Å². The maximum atomic E-state index is 13.0. The lowest BCUT2D eigenvalue weighted by Gasteiger charge is -2.20. The molecule has 0 saturated carbocycles. The van der Waals surface area contributed by atoms with Crippen LogP contribution in [0.1, 0.15) is 42.9 Å². The fraction of sp³-hybridized carbons (Fsp3) is 0.250. The monoisotopic (exact) mass is 618 g/mol. The molecule has 2 aliphatic rings. The second kappa shape index (κ2) is 13.4. The van der Waals surface area contributed by atoms with Crippen molar-refractivity contribution in [2.24, 2.45) is 10.1 Å². The number of amides is 1. The highest BCUT2D eigenvalue weighted by Crippen LogP contribution is 2.40. The SMILES string of the molecule is CCC(C)c1ccc(OCCOc2c(OC)cc(/C=C3/C(=N)N4N=C(c5ccccc5Cl)SC4=NC3=O)cc2OC)cc1. The van der Waals surface area contributed by atoms with Crippen LogP contribution in [0.4, 0.5) is 0 Å². The molecule has 0 radical (unpaired) electrons. The number of benzene rings is 3. The fourth-order valence-corrected chi connectivity index (χ4v) is 5.67. The molecule has 1 atom stereocenters. The molecular formula is C32H31ClN4O5S. The summed E-state index contributed by atoms with van der Waals surface area (Å²) in [7, 11) is 3.04. The van der Waals surface area contributed by atoms with Crippen LogP contribution >= 0.6 is 23.4 Å². The molecule has 0 saturated heterocycles. The number of fused-ring (bicyclic) bond motifs is 1. The molecule has 11 heteroatoms. The number of thioether (sulfide) groups is 1. The van der Waals surface area contributed by atoms with Crippen LogP contribution in [0.2, 0.25) is 5.02 Å². The highest BCUT2D eigenvalue weighted by molar-refractivity contribution is 8.27. The van der Waals surface area contributed by atoms with Crippen LogP contribution in [0.3, 0.4) is 0 Å². The van der Waals surface area contributed by atoms with E-state index in [0.717, 1.165) is 12.2 Å². The van der Waals surface area contributed by atoms with Crippen LogP contribution in [-0.4, -0.2) is 54.4 Å². The van der Waals surface area contributed by atoms with Crippen molar-refractivity contribution in [3.63, 3.8) is 0 Å². The van der Waals surface area contributed by atoms with Crippen molar-refractivity contribution >= 4 is 51.4 Å². The summed E-state index contributed by atoms with van der Waals surface area (Å²) >= 11 is 7.52. The van der Waals surface area contributed by atoms with Crippen molar-refractivity contribution in [1.82, 2.24) is 5.01 Å². The molecule has 0 fully saturated rings. The van der Waals surface area contributed by atoms with Crippen LogP contribution < -0.4 is 18.9 Å². The number of hydrogen-bond acceptors (Lipinski definition) is 8. The zero-order valence-corrected chi connectivity index (χ0v) is 25.8. The van der Waals surface area contributed by atoms with E-state index in [1.807, 2.05) is 30.3 Å². The highest BCUT2D eigenvalue weighted by atomic mass is 35.5. The van der Waals surface area contributed by atoms with E-state index in [2.05, 4.69) is 36.1 Å². The Morgan fingerprint density at radius 1 is 1.02 bits per heavy atom. The zero-order chi connectivity index (χ0) is 30.5. The Balaban J connectivity index is 1.30. The Morgan fingerprint density at radius 3 is 2.35 bits per heavy atom.